The largest absolute Gasteiger partial charge is 0.478 e. The third-order valence-corrected chi connectivity index (χ3v) is 6.60. The number of carboxylic acids is 2. The average Bonchev–Trinajstić information content (AvgIpc) is 3.18. The van der Waals surface area contributed by atoms with Crippen molar-refractivity contribution in [3.05, 3.63) is 129 Å². The highest BCUT2D eigenvalue weighted by Crippen LogP contribution is 2.56. The number of hydrogen-bond acceptors (Lipinski definition) is 2. The Morgan fingerprint density at radius 2 is 0.971 bits per heavy atom. The van der Waals surface area contributed by atoms with E-state index in [1.807, 2.05) is 60.7 Å². The van der Waals surface area contributed by atoms with Gasteiger partial charge < -0.3 is 10.2 Å². The number of fused-ring (bicyclic) bond motifs is 3. The maximum atomic E-state index is 11.8. The van der Waals surface area contributed by atoms with Gasteiger partial charge in [0.25, 0.3) is 0 Å². The molecule has 4 heteroatoms. The van der Waals surface area contributed by atoms with E-state index >= 15 is 0 Å². The Morgan fingerprint density at radius 1 is 0.600 bits per heavy atom. The van der Waals surface area contributed by atoms with Gasteiger partial charge in [-0.25, -0.2) is 9.59 Å². The molecule has 0 fully saturated rings. The van der Waals surface area contributed by atoms with Crippen molar-refractivity contribution >= 4 is 11.9 Å². The fraction of sp³-hybridized carbons (Fsp3) is 0.0323. The summed E-state index contributed by atoms with van der Waals surface area (Å²) < 4.78 is 0. The van der Waals surface area contributed by atoms with E-state index < -0.39 is 17.4 Å². The van der Waals surface area contributed by atoms with E-state index in [-0.39, 0.29) is 11.1 Å². The van der Waals surface area contributed by atoms with E-state index in [1.54, 1.807) is 24.3 Å². The Balaban J connectivity index is 1.93. The lowest BCUT2D eigenvalue weighted by Crippen LogP contribution is -2.28. The SMILES string of the molecule is C#Cc1ccc(C2(c3ccc(C#C)cc3)c3ccc(C(=O)O)cc3-c3cc(C(=O)O)ccc32)cc1. The van der Waals surface area contributed by atoms with E-state index in [9.17, 15) is 19.8 Å². The number of benzene rings is 4. The number of hydrogen-bond donors (Lipinski definition) is 2. The smallest absolute Gasteiger partial charge is 0.335 e. The maximum Gasteiger partial charge on any atom is 0.335 e. The molecule has 0 radical (unpaired) electrons. The monoisotopic (exact) mass is 454 g/mol. The van der Waals surface area contributed by atoms with Crippen molar-refractivity contribution in [1.82, 2.24) is 0 Å². The molecule has 1 aliphatic rings. The maximum absolute atomic E-state index is 11.8. The summed E-state index contributed by atoms with van der Waals surface area (Å²) >= 11 is 0. The third-order valence-electron chi connectivity index (χ3n) is 6.60. The van der Waals surface area contributed by atoms with E-state index in [0.717, 1.165) is 33.4 Å². The molecule has 4 aromatic rings. The van der Waals surface area contributed by atoms with Crippen LogP contribution in [0.4, 0.5) is 0 Å². The highest BCUT2D eigenvalue weighted by Gasteiger charge is 2.46. The number of rotatable bonds is 4. The molecule has 2 N–H and O–H groups in total. The van der Waals surface area contributed by atoms with Crippen LogP contribution in [0.5, 0.6) is 0 Å². The molecule has 0 spiro atoms. The molecule has 166 valence electrons. The molecular weight excluding hydrogens is 436 g/mol. The fourth-order valence-electron chi connectivity index (χ4n) is 5.02. The van der Waals surface area contributed by atoms with Crippen molar-refractivity contribution in [3.8, 4) is 35.8 Å². The van der Waals surface area contributed by atoms with Crippen LogP contribution in [0.2, 0.25) is 0 Å². The normalized spacial score (nSPS) is 12.6. The number of carboxylic acid groups (broad SMARTS) is 2. The Bertz CT molecular complexity index is 1470. The molecular formula is C31H18O4. The second-order valence-electron chi connectivity index (χ2n) is 8.32. The lowest BCUT2D eigenvalue weighted by molar-refractivity contribution is 0.0686. The van der Waals surface area contributed by atoms with Crippen molar-refractivity contribution in [2.45, 2.75) is 5.41 Å². The van der Waals surface area contributed by atoms with Crippen molar-refractivity contribution in [3.63, 3.8) is 0 Å². The van der Waals surface area contributed by atoms with Gasteiger partial charge in [0.1, 0.15) is 0 Å². The third kappa shape index (κ3) is 3.21. The number of aromatic carboxylic acids is 2. The van der Waals surface area contributed by atoms with Crippen LogP contribution < -0.4 is 0 Å². The Hall–Kier alpha value is -5.06. The molecule has 0 aliphatic heterocycles. The van der Waals surface area contributed by atoms with Gasteiger partial charge >= 0.3 is 11.9 Å². The summed E-state index contributed by atoms with van der Waals surface area (Å²) in [5, 5.41) is 19.3. The molecule has 4 aromatic carbocycles. The Labute approximate surface area is 202 Å². The van der Waals surface area contributed by atoms with Crippen LogP contribution in [0.15, 0.2) is 84.9 Å². The quantitative estimate of drug-likeness (QED) is 0.356. The lowest BCUT2D eigenvalue weighted by atomic mass is 9.67. The van der Waals surface area contributed by atoms with Gasteiger partial charge in [0.2, 0.25) is 0 Å². The van der Waals surface area contributed by atoms with E-state index in [4.69, 9.17) is 12.8 Å². The molecule has 0 unspecified atom stereocenters. The van der Waals surface area contributed by atoms with Crippen LogP contribution in [-0.2, 0) is 5.41 Å². The van der Waals surface area contributed by atoms with Gasteiger partial charge in [-0.2, -0.15) is 0 Å². The van der Waals surface area contributed by atoms with Crippen LogP contribution in [0.25, 0.3) is 11.1 Å². The minimum atomic E-state index is -1.06. The van der Waals surface area contributed by atoms with E-state index in [2.05, 4.69) is 11.8 Å². The molecule has 35 heavy (non-hydrogen) atoms. The van der Waals surface area contributed by atoms with Crippen LogP contribution in [0.3, 0.4) is 0 Å². The highest BCUT2D eigenvalue weighted by molar-refractivity contribution is 5.96. The first-order valence-electron chi connectivity index (χ1n) is 10.8. The van der Waals surface area contributed by atoms with Gasteiger partial charge in [-0.3, -0.25) is 0 Å². The first-order valence-corrected chi connectivity index (χ1v) is 10.8. The number of terminal acetylenes is 2. The lowest BCUT2D eigenvalue weighted by Gasteiger charge is -2.34. The van der Waals surface area contributed by atoms with Crippen molar-refractivity contribution in [2.75, 3.05) is 0 Å². The van der Waals surface area contributed by atoms with Gasteiger partial charge in [-0.15, -0.1) is 12.8 Å². The van der Waals surface area contributed by atoms with Gasteiger partial charge in [-0.05, 0) is 81.9 Å². The predicted molar refractivity (Wildman–Crippen MR) is 134 cm³/mol. The first-order chi connectivity index (χ1) is 16.9. The van der Waals surface area contributed by atoms with Crippen molar-refractivity contribution in [1.29, 1.82) is 0 Å². The van der Waals surface area contributed by atoms with E-state index in [1.165, 1.54) is 0 Å². The summed E-state index contributed by atoms with van der Waals surface area (Å²) in [7, 11) is 0. The molecule has 0 heterocycles. The van der Waals surface area contributed by atoms with Crippen LogP contribution in [-0.4, -0.2) is 22.2 Å². The highest BCUT2D eigenvalue weighted by atomic mass is 16.4. The standard InChI is InChI=1S/C31H18O4/c1-3-19-5-11-23(12-6-19)31(24-13-7-20(4-2)8-14-24)27-15-9-21(29(32)33)17-25(27)26-18-22(30(34)35)10-16-28(26)31/h1-2,5-18H,(H,32,33)(H,34,35). The van der Waals surface area contributed by atoms with Gasteiger partial charge in [0, 0.05) is 11.1 Å². The fourth-order valence-corrected chi connectivity index (χ4v) is 5.02. The van der Waals surface area contributed by atoms with Gasteiger partial charge in [0.15, 0.2) is 0 Å². The second kappa shape index (κ2) is 8.06. The molecule has 0 amide bonds. The Kier molecular flexibility index (Phi) is 5.01. The van der Waals surface area contributed by atoms with Crippen LogP contribution in [0.1, 0.15) is 54.1 Å². The minimum absolute atomic E-state index is 0.122. The summed E-state index contributed by atoms with van der Waals surface area (Å²) in [5.41, 5.74) is 5.73. The predicted octanol–water partition coefficient (Wildman–Crippen LogP) is 5.41. The number of carbonyl (C=O) groups is 2. The zero-order valence-corrected chi connectivity index (χ0v) is 18.4. The molecule has 4 nitrogen and oxygen atoms in total. The zero-order chi connectivity index (χ0) is 24.7. The molecule has 0 bridgehead atoms. The molecule has 0 aromatic heterocycles. The molecule has 0 saturated carbocycles. The van der Waals surface area contributed by atoms with Crippen LogP contribution in [0, 0.1) is 24.7 Å². The van der Waals surface area contributed by atoms with Gasteiger partial charge in [-0.1, -0.05) is 48.2 Å². The molecule has 0 atom stereocenters. The Morgan fingerprint density at radius 3 is 1.29 bits per heavy atom. The summed E-state index contributed by atoms with van der Waals surface area (Å²) in [5.74, 6) is 3.16. The van der Waals surface area contributed by atoms with Crippen molar-refractivity contribution in [2.24, 2.45) is 0 Å². The molecule has 0 saturated heterocycles. The second-order valence-corrected chi connectivity index (χ2v) is 8.32. The topological polar surface area (TPSA) is 74.6 Å². The summed E-state index contributed by atoms with van der Waals surface area (Å²) in [6.45, 7) is 0. The zero-order valence-electron chi connectivity index (χ0n) is 18.4. The van der Waals surface area contributed by atoms with E-state index in [0.29, 0.717) is 11.1 Å². The van der Waals surface area contributed by atoms with Gasteiger partial charge in [0.05, 0.1) is 16.5 Å². The van der Waals surface area contributed by atoms with Crippen LogP contribution >= 0.6 is 0 Å². The molecule has 5 rings (SSSR count). The average molecular weight is 454 g/mol. The van der Waals surface area contributed by atoms with Crippen molar-refractivity contribution < 1.29 is 19.8 Å². The summed E-state index contributed by atoms with van der Waals surface area (Å²) in [6, 6.07) is 25.3. The summed E-state index contributed by atoms with van der Waals surface area (Å²) in [6.07, 6.45) is 11.2. The summed E-state index contributed by atoms with van der Waals surface area (Å²) in [4.78, 5) is 23.6. The first kappa shape index (κ1) is 21.8. The molecule has 1 aliphatic carbocycles. The minimum Gasteiger partial charge on any atom is -0.478 e.